The molecule has 1 heterocycles. The number of carbonyl (C=O) groups excluding carboxylic acids is 3. The summed E-state index contributed by atoms with van der Waals surface area (Å²) in [5.74, 6) is -0.541. The number of rotatable bonds is 6. The van der Waals surface area contributed by atoms with Gasteiger partial charge in [-0.05, 0) is 65.9 Å². The van der Waals surface area contributed by atoms with Gasteiger partial charge in [-0.2, -0.15) is 0 Å². The normalized spacial score (nSPS) is 15.6. The predicted octanol–water partition coefficient (Wildman–Crippen LogP) is 4.35. The second-order valence-corrected chi connectivity index (χ2v) is 8.57. The molecule has 0 radical (unpaired) electrons. The summed E-state index contributed by atoms with van der Waals surface area (Å²) in [6.07, 6.45) is 1.50. The van der Waals surface area contributed by atoms with Crippen LogP contribution < -0.4 is 21.3 Å². The lowest BCUT2D eigenvalue weighted by atomic mass is 9.97. The summed E-state index contributed by atoms with van der Waals surface area (Å²) in [6, 6.07) is 20.9. The molecule has 1 saturated heterocycles. The summed E-state index contributed by atoms with van der Waals surface area (Å²) in [5.41, 5.74) is 9.44. The molecule has 4 rings (SSSR count). The molecule has 0 aliphatic carbocycles. The molecule has 8 heteroatoms. The lowest BCUT2D eigenvalue weighted by molar-refractivity contribution is -0.121. The van der Waals surface area contributed by atoms with Crippen LogP contribution in [-0.2, 0) is 16.0 Å². The van der Waals surface area contributed by atoms with Gasteiger partial charge in [0.25, 0.3) is 0 Å². The van der Waals surface area contributed by atoms with E-state index in [2.05, 4.69) is 10.6 Å². The number of hydrogen-bond donors (Lipinski definition) is 3. The molecule has 1 unspecified atom stereocenters. The van der Waals surface area contributed by atoms with Gasteiger partial charge in [0, 0.05) is 22.9 Å². The van der Waals surface area contributed by atoms with E-state index in [4.69, 9.17) is 17.3 Å². The van der Waals surface area contributed by atoms with Gasteiger partial charge in [0.1, 0.15) is 6.04 Å². The Hall–Kier alpha value is -3.84. The summed E-state index contributed by atoms with van der Waals surface area (Å²) in [4.78, 5) is 38.6. The summed E-state index contributed by atoms with van der Waals surface area (Å²) >= 11 is 5.87. The maximum absolute atomic E-state index is 13.1. The smallest absolute Gasteiger partial charge is 0.319 e. The van der Waals surface area contributed by atoms with Crippen LogP contribution in [0.25, 0.3) is 11.1 Å². The van der Waals surface area contributed by atoms with Crippen LogP contribution in [0.5, 0.6) is 0 Å². The molecule has 1 atom stereocenters. The number of piperidine rings is 1. The Morgan fingerprint density at radius 3 is 2.41 bits per heavy atom. The van der Waals surface area contributed by atoms with Crippen molar-refractivity contribution in [1.82, 2.24) is 5.32 Å². The number of carbonyl (C=O) groups is 3. The van der Waals surface area contributed by atoms with Gasteiger partial charge < -0.3 is 21.3 Å². The van der Waals surface area contributed by atoms with Crippen LogP contribution in [0.15, 0.2) is 72.8 Å². The molecule has 4 amide bonds. The molecule has 34 heavy (non-hydrogen) atoms. The van der Waals surface area contributed by atoms with E-state index in [1.807, 2.05) is 48.5 Å². The highest BCUT2D eigenvalue weighted by Crippen LogP contribution is 2.28. The Labute approximate surface area is 202 Å². The van der Waals surface area contributed by atoms with Gasteiger partial charge >= 0.3 is 6.03 Å². The Balaban J connectivity index is 1.44. The maximum atomic E-state index is 13.1. The minimum absolute atomic E-state index is 0.153. The number of anilines is 2. The van der Waals surface area contributed by atoms with Crippen molar-refractivity contribution in [1.29, 1.82) is 0 Å². The molecular formula is C26H25ClN4O3. The Bertz CT molecular complexity index is 1200. The minimum atomic E-state index is -0.614. The molecule has 0 bridgehead atoms. The number of nitrogens with zero attached hydrogens (tertiary/aromatic N) is 1. The average molecular weight is 477 g/mol. The Morgan fingerprint density at radius 1 is 1.00 bits per heavy atom. The van der Waals surface area contributed by atoms with Gasteiger partial charge in [0.15, 0.2) is 0 Å². The lowest BCUT2D eigenvalue weighted by Gasteiger charge is -2.32. The molecule has 0 aromatic heterocycles. The Morgan fingerprint density at radius 2 is 1.71 bits per heavy atom. The lowest BCUT2D eigenvalue weighted by Crippen LogP contribution is -2.53. The fraction of sp³-hybridized carbons (Fsp3) is 0.192. The van der Waals surface area contributed by atoms with E-state index >= 15 is 0 Å². The summed E-state index contributed by atoms with van der Waals surface area (Å²) in [7, 11) is 0. The van der Waals surface area contributed by atoms with Crippen LogP contribution in [0, 0.1) is 0 Å². The van der Waals surface area contributed by atoms with Crippen LogP contribution >= 0.6 is 11.6 Å². The summed E-state index contributed by atoms with van der Waals surface area (Å²) in [5, 5.41) is 6.08. The van der Waals surface area contributed by atoms with Gasteiger partial charge in [-0.3, -0.25) is 9.59 Å². The van der Waals surface area contributed by atoms with Crippen molar-refractivity contribution < 1.29 is 14.4 Å². The minimum Gasteiger partial charge on any atom is -0.369 e. The van der Waals surface area contributed by atoms with E-state index < -0.39 is 12.1 Å². The van der Waals surface area contributed by atoms with Crippen LogP contribution in [-0.4, -0.2) is 30.4 Å². The zero-order chi connectivity index (χ0) is 24.1. The molecule has 1 aliphatic rings. The third-order valence-electron chi connectivity index (χ3n) is 5.72. The third-order valence-corrected chi connectivity index (χ3v) is 5.97. The zero-order valence-corrected chi connectivity index (χ0v) is 19.2. The third kappa shape index (κ3) is 5.55. The van der Waals surface area contributed by atoms with Gasteiger partial charge in [-0.15, -0.1) is 0 Å². The monoisotopic (exact) mass is 476 g/mol. The first-order valence-corrected chi connectivity index (χ1v) is 11.4. The van der Waals surface area contributed by atoms with Crippen LogP contribution in [0.3, 0.4) is 0 Å². The molecule has 1 fully saturated rings. The van der Waals surface area contributed by atoms with Gasteiger partial charge in [0.05, 0.1) is 6.42 Å². The topological polar surface area (TPSA) is 105 Å². The number of nitrogens with one attached hydrogen (secondary N) is 2. The van der Waals surface area contributed by atoms with E-state index in [0.29, 0.717) is 23.7 Å². The predicted molar refractivity (Wildman–Crippen MR) is 134 cm³/mol. The van der Waals surface area contributed by atoms with Crippen molar-refractivity contribution in [2.75, 3.05) is 16.8 Å². The van der Waals surface area contributed by atoms with Gasteiger partial charge in [-0.1, -0.05) is 48.0 Å². The van der Waals surface area contributed by atoms with Gasteiger partial charge in [0.2, 0.25) is 11.8 Å². The number of primary amides is 1. The van der Waals surface area contributed by atoms with Gasteiger partial charge in [-0.25, -0.2) is 4.79 Å². The second kappa shape index (κ2) is 10.4. The van der Waals surface area contributed by atoms with E-state index in [-0.39, 0.29) is 18.2 Å². The fourth-order valence-corrected chi connectivity index (χ4v) is 4.21. The van der Waals surface area contributed by atoms with E-state index in [1.165, 1.54) is 0 Å². The number of hydrogen-bond acceptors (Lipinski definition) is 3. The molecule has 4 N–H and O–H groups in total. The number of urea groups is 1. The average Bonchev–Trinajstić information content (AvgIpc) is 2.82. The number of nitrogens with two attached hydrogens (primary N) is 1. The highest BCUT2D eigenvalue weighted by Gasteiger charge is 2.30. The summed E-state index contributed by atoms with van der Waals surface area (Å²) in [6.45, 7) is 0.577. The second-order valence-electron chi connectivity index (χ2n) is 8.14. The number of amides is 4. The fourth-order valence-electron chi connectivity index (χ4n) is 4.09. The molecule has 7 nitrogen and oxygen atoms in total. The zero-order valence-electron chi connectivity index (χ0n) is 18.5. The molecule has 174 valence electrons. The standard InChI is InChI=1S/C26H25ClN4O3/c27-19-9-11-20(12-10-19)29-26(34)30-23-6-3-15-31(25(23)33)21-13-7-17(8-14-21)22-5-2-1-4-18(22)16-24(28)32/h1-2,4-5,7-14,23H,3,6,15-16H2,(H2,28,32)(H2,29,30,34). The van der Waals surface area contributed by atoms with E-state index in [0.717, 1.165) is 28.8 Å². The first-order valence-electron chi connectivity index (χ1n) is 11.0. The first kappa shape index (κ1) is 23.3. The maximum Gasteiger partial charge on any atom is 0.319 e. The van der Waals surface area contributed by atoms with Crippen molar-refractivity contribution in [3.05, 3.63) is 83.4 Å². The molecule has 1 aliphatic heterocycles. The van der Waals surface area contributed by atoms with E-state index in [9.17, 15) is 14.4 Å². The van der Waals surface area contributed by atoms with Crippen molar-refractivity contribution in [3.63, 3.8) is 0 Å². The van der Waals surface area contributed by atoms with E-state index in [1.54, 1.807) is 29.2 Å². The number of benzene rings is 3. The summed E-state index contributed by atoms with van der Waals surface area (Å²) < 4.78 is 0. The molecule has 0 spiro atoms. The van der Waals surface area contributed by atoms with Crippen molar-refractivity contribution >= 4 is 40.8 Å². The van der Waals surface area contributed by atoms with Crippen LogP contribution in [0.1, 0.15) is 18.4 Å². The molecule has 3 aromatic carbocycles. The molecule has 3 aromatic rings. The van der Waals surface area contributed by atoms with Crippen LogP contribution in [0.4, 0.5) is 16.2 Å². The van der Waals surface area contributed by atoms with Crippen molar-refractivity contribution in [2.45, 2.75) is 25.3 Å². The SMILES string of the molecule is NC(=O)Cc1ccccc1-c1ccc(N2CCCC(NC(=O)Nc3ccc(Cl)cc3)C2=O)cc1. The van der Waals surface area contributed by atoms with Crippen molar-refractivity contribution in [3.8, 4) is 11.1 Å². The van der Waals surface area contributed by atoms with Crippen LogP contribution in [0.2, 0.25) is 5.02 Å². The quantitative estimate of drug-likeness (QED) is 0.492. The largest absolute Gasteiger partial charge is 0.369 e. The Kier molecular flexibility index (Phi) is 7.13. The molecule has 0 saturated carbocycles. The highest BCUT2D eigenvalue weighted by molar-refractivity contribution is 6.30. The van der Waals surface area contributed by atoms with Crippen molar-refractivity contribution in [2.24, 2.45) is 5.73 Å². The first-order chi connectivity index (χ1) is 16.4. The number of halogens is 1. The highest BCUT2D eigenvalue weighted by atomic mass is 35.5. The molecular weight excluding hydrogens is 452 g/mol.